The summed E-state index contributed by atoms with van der Waals surface area (Å²) >= 11 is 0. The number of allylic oxidation sites excluding steroid dienone is 2. The highest BCUT2D eigenvalue weighted by atomic mass is 16.5. The molecule has 3 rings (SSSR count). The van der Waals surface area contributed by atoms with Crippen LogP contribution in [0.25, 0.3) is 0 Å². The van der Waals surface area contributed by atoms with Crippen LogP contribution in [0.15, 0.2) is 24.0 Å². The second kappa shape index (κ2) is 8.41. The molecule has 1 saturated heterocycles. The summed E-state index contributed by atoms with van der Waals surface area (Å²) in [7, 11) is 0. The predicted molar refractivity (Wildman–Crippen MR) is 114 cm³/mol. The number of ether oxygens (including phenoxy) is 2. The first-order valence-corrected chi connectivity index (χ1v) is 11.1. The molecular weight excluding hydrogens is 380 g/mol. The second-order valence-corrected chi connectivity index (χ2v) is 10.6. The van der Waals surface area contributed by atoms with Crippen LogP contribution in [0, 0.1) is 35.0 Å². The van der Waals surface area contributed by atoms with E-state index in [2.05, 4.69) is 20.8 Å². The first-order valence-electron chi connectivity index (χ1n) is 11.1. The van der Waals surface area contributed by atoms with Gasteiger partial charge in [0.1, 0.15) is 11.6 Å². The van der Waals surface area contributed by atoms with Crippen molar-refractivity contribution in [3.63, 3.8) is 0 Å². The average molecular weight is 417 g/mol. The molecule has 0 spiro atoms. The van der Waals surface area contributed by atoms with E-state index in [1.165, 1.54) is 12.3 Å². The summed E-state index contributed by atoms with van der Waals surface area (Å²) in [6, 6.07) is 0. The van der Waals surface area contributed by atoms with Gasteiger partial charge in [-0.2, -0.15) is 0 Å². The van der Waals surface area contributed by atoms with Crippen LogP contribution in [-0.4, -0.2) is 29.7 Å². The van der Waals surface area contributed by atoms with Crippen molar-refractivity contribution >= 4 is 17.5 Å². The van der Waals surface area contributed by atoms with Crippen LogP contribution in [0.5, 0.6) is 0 Å². The maximum atomic E-state index is 13.7. The summed E-state index contributed by atoms with van der Waals surface area (Å²) in [5.41, 5.74) is 0.525. The maximum absolute atomic E-state index is 13.7. The lowest BCUT2D eigenvalue weighted by Crippen LogP contribution is -2.53. The maximum Gasteiger partial charge on any atom is 0.335 e. The number of ketones is 2. The van der Waals surface area contributed by atoms with E-state index in [9.17, 15) is 14.4 Å². The molecule has 3 fully saturated rings. The Morgan fingerprint density at radius 1 is 1.20 bits per heavy atom. The fourth-order valence-electron chi connectivity index (χ4n) is 6.20. The molecule has 0 unspecified atom stereocenters. The SMILES string of the molecule is CC(=O)C[C@@H]1C(=O)[C@H]2COC(C)(C)[C@H]3CC[C@](C)(C[C@@H]23)[C@H]1/C=C/OC(=O)C=C(C)C. The van der Waals surface area contributed by atoms with E-state index in [4.69, 9.17) is 9.47 Å². The monoisotopic (exact) mass is 416 g/mol. The Balaban J connectivity index is 1.95. The predicted octanol–water partition coefficient (Wildman–Crippen LogP) is 4.65. The summed E-state index contributed by atoms with van der Waals surface area (Å²) in [6.45, 7) is 12.2. The van der Waals surface area contributed by atoms with Gasteiger partial charge in [-0.3, -0.25) is 4.79 Å². The van der Waals surface area contributed by atoms with Gasteiger partial charge in [-0.25, -0.2) is 4.79 Å². The largest absolute Gasteiger partial charge is 0.432 e. The van der Waals surface area contributed by atoms with Crippen molar-refractivity contribution in [3.05, 3.63) is 24.0 Å². The second-order valence-electron chi connectivity index (χ2n) is 10.6. The number of carbonyl (C=O) groups is 3. The zero-order valence-electron chi connectivity index (χ0n) is 19.2. The Morgan fingerprint density at radius 2 is 1.90 bits per heavy atom. The van der Waals surface area contributed by atoms with Crippen LogP contribution >= 0.6 is 0 Å². The lowest BCUT2D eigenvalue weighted by molar-refractivity contribution is -0.173. The highest BCUT2D eigenvalue weighted by Crippen LogP contribution is 2.59. The van der Waals surface area contributed by atoms with Gasteiger partial charge in [0.05, 0.1) is 18.5 Å². The van der Waals surface area contributed by atoms with Gasteiger partial charge in [0, 0.05) is 24.3 Å². The van der Waals surface area contributed by atoms with Crippen molar-refractivity contribution in [2.45, 2.75) is 72.8 Å². The number of hydrogen-bond donors (Lipinski definition) is 0. The summed E-state index contributed by atoms with van der Waals surface area (Å²) in [5.74, 6) is -0.322. The van der Waals surface area contributed by atoms with E-state index < -0.39 is 11.9 Å². The molecule has 6 atom stereocenters. The number of Topliss-reactive ketones (excluding diaryl/α,β-unsaturated/α-hetero) is 2. The van der Waals surface area contributed by atoms with Crippen LogP contribution in [0.4, 0.5) is 0 Å². The van der Waals surface area contributed by atoms with Crippen molar-refractivity contribution in [3.8, 4) is 0 Å². The summed E-state index contributed by atoms with van der Waals surface area (Å²) in [4.78, 5) is 37.7. The molecule has 3 aliphatic rings. The molecule has 2 bridgehead atoms. The molecular formula is C25H36O5. The minimum atomic E-state index is -0.424. The topological polar surface area (TPSA) is 69.7 Å². The third kappa shape index (κ3) is 4.46. The smallest absolute Gasteiger partial charge is 0.335 e. The molecule has 0 N–H and O–H groups in total. The third-order valence-electron chi connectivity index (χ3n) is 7.64. The number of carbonyl (C=O) groups excluding carboxylic acids is 3. The molecule has 1 heterocycles. The normalized spacial score (nSPS) is 37.4. The Morgan fingerprint density at radius 3 is 2.53 bits per heavy atom. The lowest BCUT2D eigenvalue weighted by atomic mass is 9.56. The molecule has 0 amide bonds. The average Bonchev–Trinajstić information content (AvgIpc) is 2.67. The van der Waals surface area contributed by atoms with Crippen LogP contribution in [0.2, 0.25) is 0 Å². The number of rotatable bonds is 5. The van der Waals surface area contributed by atoms with Crippen molar-refractivity contribution in [2.24, 2.45) is 35.0 Å². The van der Waals surface area contributed by atoms with Gasteiger partial charge in [-0.1, -0.05) is 12.5 Å². The number of hydrogen-bond acceptors (Lipinski definition) is 5. The van der Waals surface area contributed by atoms with Gasteiger partial charge in [0.2, 0.25) is 0 Å². The highest BCUT2D eigenvalue weighted by molar-refractivity contribution is 5.90. The minimum Gasteiger partial charge on any atom is -0.432 e. The fourth-order valence-corrected chi connectivity index (χ4v) is 6.20. The highest BCUT2D eigenvalue weighted by Gasteiger charge is 2.58. The molecule has 0 radical (unpaired) electrons. The van der Waals surface area contributed by atoms with Gasteiger partial charge in [0.25, 0.3) is 0 Å². The quantitative estimate of drug-likeness (QED) is 0.371. The van der Waals surface area contributed by atoms with E-state index in [0.717, 1.165) is 24.8 Å². The van der Waals surface area contributed by atoms with E-state index in [1.54, 1.807) is 6.92 Å². The van der Waals surface area contributed by atoms with Gasteiger partial charge in [0.15, 0.2) is 0 Å². The summed E-state index contributed by atoms with van der Waals surface area (Å²) in [5, 5.41) is 0. The minimum absolute atomic E-state index is 0.0157. The summed E-state index contributed by atoms with van der Waals surface area (Å²) < 4.78 is 11.4. The van der Waals surface area contributed by atoms with Crippen LogP contribution in [0.3, 0.4) is 0 Å². The van der Waals surface area contributed by atoms with Crippen molar-refractivity contribution in [2.75, 3.05) is 6.61 Å². The molecule has 30 heavy (non-hydrogen) atoms. The lowest BCUT2D eigenvalue weighted by Gasteiger charge is -2.53. The van der Waals surface area contributed by atoms with E-state index in [-0.39, 0.29) is 46.8 Å². The number of fused-ring (bicyclic) bond motifs is 1. The Labute approximate surface area is 180 Å². The Kier molecular flexibility index (Phi) is 6.43. The zero-order valence-corrected chi connectivity index (χ0v) is 19.2. The van der Waals surface area contributed by atoms with Crippen LogP contribution in [-0.2, 0) is 23.9 Å². The molecule has 5 nitrogen and oxygen atoms in total. The van der Waals surface area contributed by atoms with E-state index in [1.807, 2.05) is 19.9 Å². The van der Waals surface area contributed by atoms with Crippen LogP contribution in [0.1, 0.15) is 67.2 Å². The molecule has 166 valence electrons. The van der Waals surface area contributed by atoms with Gasteiger partial charge >= 0.3 is 5.97 Å². The van der Waals surface area contributed by atoms with Gasteiger partial charge in [-0.15, -0.1) is 0 Å². The Bertz CT molecular complexity index is 772. The summed E-state index contributed by atoms with van der Waals surface area (Å²) in [6.07, 6.45) is 7.87. The van der Waals surface area contributed by atoms with Crippen molar-refractivity contribution in [1.82, 2.24) is 0 Å². The molecule has 0 aromatic heterocycles. The first-order chi connectivity index (χ1) is 13.9. The van der Waals surface area contributed by atoms with Crippen molar-refractivity contribution in [1.29, 1.82) is 0 Å². The van der Waals surface area contributed by atoms with Crippen molar-refractivity contribution < 1.29 is 23.9 Å². The molecule has 2 saturated carbocycles. The molecule has 2 aliphatic carbocycles. The number of esters is 1. The molecule has 1 aliphatic heterocycles. The Hall–Kier alpha value is -1.75. The zero-order chi connectivity index (χ0) is 22.3. The van der Waals surface area contributed by atoms with E-state index in [0.29, 0.717) is 12.5 Å². The van der Waals surface area contributed by atoms with Gasteiger partial charge in [-0.05, 0) is 83.1 Å². The molecule has 5 heteroatoms. The standard InChI is InChI=1S/C25H36O5/c1-15(2)11-22(27)29-10-8-21-17(12-16(3)26)23(28)19-14-30-24(4,5)20-7-9-25(21,6)13-18(19)20/h8,10-11,17-21H,7,9,12-14H2,1-6H3/b10-8+/t17-,18-,19-,20-,21-,25+/m0/s1. The molecule has 0 aromatic rings. The van der Waals surface area contributed by atoms with E-state index >= 15 is 0 Å². The van der Waals surface area contributed by atoms with Gasteiger partial charge < -0.3 is 14.3 Å². The molecule has 0 aromatic carbocycles. The first kappa shape index (κ1) is 22.9. The fraction of sp³-hybridized carbons (Fsp3) is 0.720. The van der Waals surface area contributed by atoms with Crippen LogP contribution < -0.4 is 0 Å². The third-order valence-corrected chi connectivity index (χ3v) is 7.64.